The fourth-order valence-corrected chi connectivity index (χ4v) is 3.44. The molecule has 3 aromatic carbocycles. The summed E-state index contributed by atoms with van der Waals surface area (Å²) < 4.78 is 23.9. The molecule has 0 saturated carbocycles. The molecule has 4 nitrogen and oxygen atoms in total. The van der Waals surface area contributed by atoms with E-state index in [2.05, 4.69) is 26.0 Å². The van der Waals surface area contributed by atoms with Gasteiger partial charge in [0, 0.05) is 16.2 Å². The van der Waals surface area contributed by atoms with Crippen LogP contribution in [0.5, 0.6) is 23.0 Å². The van der Waals surface area contributed by atoms with Crippen LogP contribution in [0, 0.1) is 0 Å². The molecule has 0 radical (unpaired) electrons. The van der Waals surface area contributed by atoms with Crippen LogP contribution in [-0.2, 0) is 0 Å². The number of unbranched alkanes of at least 4 members (excludes halogenated alkanes) is 2. The average molecular weight is 383 g/mol. The lowest BCUT2D eigenvalue weighted by molar-refractivity contribution is 0.309. The van der Waals surface area contributed by atoms with Crippen molar-refractivity contribution in [2.45, 2.75) is 39.5 Å². The lowest BCUT2D eigenvalue weighted by Crippen LogP contribution is -2.03. The maximum atomic E-state index is 6.30. The summed E-state index contributed by atoms with van der Waals surface area (Å²) in [5.74, 6) is 3.07. The maximum Gasteiger partial charge on any atom is 0.172 e. The van der Waals surface area contributed by atoms with Gasteiger partial charge in [0.2, 0.25) is 0 Å². The molecule has 3 aromatic rings. The molecule has 3 rings (SSSR count). The minimum absolute atomic E-state index is 0.659. The first-order chi connectivity index (χ1) is 13.8. The highest BCUT2D eigenvalue weighted by molar-refractivity contribution is 6.13. The second-order valence-electron chi connectivity index (χ2n) is 6.83. The zero-order chi connectivity index (χ0) is 19.9. The molecular formula is C24H30O4. The number of ether oxygens (including phenoxy) is 4. The molecule has 150 valence electrons. The fraction of sp³-hybridized carbons (Fsp3) is 0.417. The van der Waals surface area contributed by atoms with E-state index in [-0.39, 0.29) is 0 Å². The van der Waals surface area contributed by atoms with E-state index in [1.54, 1.807) is 14.2 Å². The molecular weight excluding hydrogens is 352 g/mol. The molecule has 0 unspecified atom stereocenters. The molecule has 4 heteroatoms. The van der Waals surface area contributed by atoms with Crippen molar-refractivity contribution in [2.75, 3.05) is 27.4 Å². The van der Waals surface area contributed by atoms with Crippen LogP contribution in [-0.4, -0.2) is 27.4 Å². The summed E-state index contributed by atoms with van der Waals surface area (Å²) >= 11 is 0. The Morgan fingerprint density at radius 2 is 1.25 bits per heavy atom. The minimum atomic E-state index is 0.659. The van der Waals surface area contributed by atoms with Crippen LogP contribution in [0.1, 0.15) is 39.5 Å². The zero-order valence-corrected chi connectivity index (χ0v) is 17.3. The van der Waals surface area contributed by atoms with Gasteiger partial charge in [-0.1, -0.05) is 51.0 Å². The summed E-state index contributed by atoms with van der Waals surface area (Å²) in [6.07, 6.45) is 4.18. The molecule has 0 N–H and O–H groups in total. The number of hydrogen-bond donors (Lipinski definition) is 0. The Balaban J connectivity index is 2.33. The van der Waals surface area contributed by atoms with Crippen molar-refractivity contribution < 1.29 is 18.9 Å². The normalized spacial score (nSPS) is 11.0. The Bertz CT molecular complexity index is 933. The van der Waals surface area contributed by atoms with Crippen LogP contribution in [0.25, 0.3) is 21.5 Å². The van der Waals surface area contributed by atoms with E-state index in [4.69, 9.17) is 18.9 Å². The maximum absolute atomic E-state index is 6.30. The van der Waals surface area contributed by atoms with Crippen LogP contribution in [0.3, 0.4) is 0 Å². The second kappa shape index (κ2) is 9.54. The van der Waals surface area contributed by atoms with Gasteiger partial charge in [-0.3, -0.25) is 0 Å². The number of benzene rings is 3. The fourth-order valence-electron chi connectivity index (χ4n) is 3.44. The standard InChI is InChI=1S/C24H30O4/c1-5-7-15-27-22-17-11-9-10-12-18(17)23(28-16-8-6-2)21-19(22)13-14-20(25-3)24(21)26-4/h9-14H,5-8,15-16H2,1-4H3. The number of methoxy groups -OCH3 is 2. The highest BCUT2D eigenvalue weighted by Gasteiger charge is 2.21. The molecule has 0 aliphatic heterocycles. The van der Waals surface area contributed by atoms with Crippen LogP contribution < -0.4 is 18.9 Å². The molecule has 0 spiro atoms. The van der Waals surface area contributed by atoms with Crippen molar-refractivity contribution in [3.05, 3.63) is 36.4 Å². The monoisotopic (exact) mass is 382 g/mol. The van der Waals surface area contributed by atoms with E-state index in [1.807, 2.05) is 24.3 Å². The van der Waals surface area contributed by atoms with Gasteiger partial charge < -0.3 is 18.9 Å². The van der Waals surface area contributed by atoms with E-state index >= 15 is 0 Å². The van der Waals surface area contributed by atoms with E-state index in [0.717, 1.165) is 58.7 Å². The van der Waals surface area contributed by atoms with E-state index in [1.165, 1.54) is 0 Å². The van der Waals surface area contributed by atoms with Crippen molar-refractivity contribution in [1.82, 2.24) is 0 Å². The summed E-state index contributed by atoms with van der Waals surface area (Å²) in [5.41, 5.74) is 0. The van der Waals surface area contributed by atoms with Crippen molar-refractivity contribution in [3.8, 4) is 23.0 Å². The molecule has 0 fully saturated rings. The molecule has 0 atom stereocenters. The number of hydrogen-bond acceptors (Lipinski definition) is 4. The highest BCUT2D eigenvalue weighted by atomic mass is 16.5. The third-order valence-electron chi connectivity index (χ3n) is 4.92. The van der Waals surface area contributed by atoms with Gasteiger partial charge in [0.1, 0.15) is 11.5 Å². The van der Waals surface area contributed by atoms with Crippen molar-refractivity contribution in [1.29, 1.82) is 0 Å². The van der Waals surface area contributed by atoms with Crippen LogP contribution in [0.2, 0.25) is 0 Å². The Morgan fingerprint density at radius 3 is 1.82 bits per heavy atom. The Labute approximate surface area is 167 Å². The van der Waals surface area contributed by atoms with Gasteiger partial charge in [-0.25, -0.2) is 0 Å². The molecule has 0 saturated heterocycles. The second-order valence-corrected chi connectivity index (χ2v) is 6.83. The van der Waals surface area contributed by atoms with Gasteiger partial charge in [0.25, 0.3) is 0 Å². The largest absolute Gasteiger partial charge is 0.493 e. The number of fused-ring (bicyclic) bond motifs is 2. The molecule has 0 aromatic heterocycles. The predicted octanol–water partition coefficient (Wildman–Crippen LogP) is 6.37. The number of rotatable bonds is 10. The van der Waals surface area contributed by atoms with Gasteiger partial charge in [-0.2, -0.15) is 0 Å². The van der Waals surface area contributed by atoms with Crippen molar-refractivity contribution >= 4 is 21.5 Å². The first-order valence-corrected chi connectivity index (χ1v) is 10.1. The average Bonchev–Trinajstić information content (AvgIpc) is 2.74. The van der Waals surface area contributed by atoms with E-state index in [9.17, 15) is 0 Å². The third-order valence-corrected chi connectivity index (χ3v) is 4.92. The van der Waals surface area contributed by atoms with Crippen LogP contribution in [0.15, 0.2) is 36.4 Å². The molecule has 0 bridgehead atoms. The molecule has 0 aliphatic rings. The Hall–Kier alpha value is -2.62. The van der Waals surface area contributed by atoms with Crippen molar-refractivity contribution in [3.63, 3.8) is 0 Å². The van der Waals surface area contributed by atoms with Crippen LogP contribution in [0.4, 0.5) is 0 Å². The molecule has 28 heavy (non-hydrogen) atoms. The van der Waals surface area contributed by atoms with Gasteiger partial charge in [-0.05, 0) is 25.0 Å². The Kier molecular flexibility index (Phi) is 6.85. The zero-order valence-electron chi connectivity index (χ0n) is 17.3. The summed E-state index contributed by atoms with van der Waals surface area (Å²) in [7, 11) is 3.32. The van der Waals surface area contributed by atoms with Gasteiger partial charge >= 0.3 is 0 Å². The summed E-state index contributed by atoms with van der Waals surface area (Å²) in [4.78, 5) is 0. The molecule has 0 amide bonds. The van der Waals surface area contributed by atoms with Crippen LogP contribution >= 0.6 is 0 Å². The topological polar surface area (TPSA) is 36.9 Å². The quantitative estimate of drug-likeness (QED) is 0.302. The SMILES string of the molecule is CCCCOc1c2ccccc2c(OCCCC)c2c(OC)c(OC)ccc12. The lowest BCUT2D eigenvalue weighted by Gasteiger charge is -2.20. The van der Waals surface area contributed by atoms with Gasteiger partial charge in [0.15, 0.2) is 11.5 Å². The summed E-state index contributed by atoms with van der Waals surface area (Å²) in [6.45, 7) is 5.66. The predicted molar refractivity (Wildman–Crippen MR) is 115 cm³/mol. The molecule has 0 aliphatic carbocycles. The van der Waals surface area contributed by atoms with E-state index < -0.39 is 0 Å². The van der Waals surface area contributed by atoms with Crippen molar-refractivity contribution in [2.24, 2.45) is 0 Å². The highest BCUT2D eigenvalue weighted by Crippen LogP contribution is 2.49. The van der Waals surface area contributed by atoms with Gasteiger partial charge in [0.05, 0.1) is 32.8 Å². The smallest absolute Gasteiger partial charge is 0.172 e. The summed E-state index contributed by atoms with van der Waals surface area (Å²) in [5, 5.41) is 3.98. The third kappa shape index (κ3) is 3.82. The first kappa shape index (κ1) is 20.1. The van der Waals surface area contributed by atoms with E-state index in [0.29, 0.717) is 24.7 Å². The lowest BCUT2D eigenvalue weighted by atomic mass is 9.99. The van der Waals surface area contributed by atoms with Gasteiger partial charge in [-0.15, -0.1) is 0 Å². The molecule has 0 heterocycles. The minimum Gasteiger partial charge on any atom is -0.493 e. The Morgan fingerprint density at radius 1 is 0.643 bits per heavy atom. The summed E-state index contributed by atoms with van der Waals surface area (Å²) in [6, 6.07) is 12.2. The first-order valence-electron chi connectivity index (χ1n) is 10.1.